The molecule has 0 saturated heterocycles. The van der Waals surface area contributed by atoms with Crippen LogP contribution >= 0.6 is 11.6 Å². The van der Waals surface area contributed by atoms with Crippen molar-refractivity contribution in [2.75, 3.05) is 0 Å². The Kier molecular flexibility index (Phi) is 4.54. The van der Waals surface area contributed by atoms with Crippen molar-refractivity contribution in [2.24, 2.45) is 11.5 Å². The van der Waals surface area contributed by atoms with Gasteiger partial charge in [0.2, 0.25) is 5.91 Å². The zero-order valence-corrected chi connectivity index (χ0v) is 11.0. The molecule has 0 aliphatic heterocycles. The van der Waals surface area contributed by atoms with Gasteiger partial charge in [-0.15, -0.1) is 0 Å². The second kappa shape index (κ2) is 5.51. The standard InChI is InChI=1S/C11H19ClN4O/c1-8-9(12)7-15-16(8)6-4-3-5-11(2,14)10(13)17/h7H,3-6,14H2,1-2H3,(H2,13,17). The first-order chi connectivity index (χ1) is 7.84. The Bertz CT molecular complexity index is 400. The average Bonchev–Trinajstić information content (AvgIpc) is 2.55. The number of halogens is 1. The number of unbranched alkanes of at least 4 members (excludes halogenated alkanes) is 1. The van der Waals surface area contributed by atoms with Gasteiger partial charge in [-0.2, -0.15) is 5.10 Å². The summed E-state index contributed by atoms with van der Waals surface area (Å²) in [6.45, 7) is 4.35. The van der Waals surface area contributed by atoms with Crippen molar-refractivity contribution in [3.63, 3.8) is 0 Å². The van der Waals surface area contributed by atoms with E-state index < -0.39 is 11.4 Å². The molecule has 0 saturated carbocycles. The molecule has 1 heterocycles. The summed E-state index contributed by atoms with van der Waals surface area (Å²) in [4.78, 5) is 11.0. The van der Waals surface area contributed by atoms with Gasteiger partial charge in [-0.1, -0.05) is 11.6 Å². The molecule has 5 nitrogen and oxygen atoms in total. The quantitative estimate of drug-likeness (QED) is 0.752. The number of primary amides is 1. The van der Waals surface area contributed by atoms with Crippen molar-refractivity contribution in [3.8, 4) is 0 Å². The molecule has 0 spiro atoms. The van der Waals surface area contributed by atoms with E-state index in [0.29, 0.717) is 11.4 Å². The summed E-state index contributed by atoms with van der Waals surface area (Å²) >= 11 is 5.89. The molecular formula is C11H19ClN4O. The molecule has 17 heavy (non-hydrogen) atoms. The second-order valence-electron chi connectivity index (χ2n) is 4.54. The lowest BCUT2D eigenvalue weighted by molar-refractivity contribution is -0.122. The van der Waals surface area contributed by atoms with Gasteiger partial charge in [0, 0.05) is 6.54 Å². The van der Waals surface area contributed by atoms with Crippen LogP contribution in [0, 0.1) is 6.92 Å². The molecule has 4 N–H and O–H groups in total. The Balaban J connectivity index is 2.34. The Morgan fingerprint density at radius 2 is 2.24 bits per heavy atom. The maximum Gasteiger partial charge on any atom is 0.237 e. The molecule has 1 rings (SSSR count). The highest BCUT2D eigenvalue weighted by atomic mass is 35.5. The molecule has 0 aliphatic carbocycles. The summed E-state index contributed by atoms with van der Waals surface area (Å²) in [7, 11) is 0. The predicted octanol–water partition coefficient (Wildman–Crippen LogP) is 1.22. The summed E-state index contributed by atoms with van der Waals surface area (Å²) in [5.41, 5.74) is 11.0. The first-order valence-electron chi connectivity index (χ1n) is 5.61. The third-order valence-corrected chi connectivity index (χ3v) is 3.29. The molecule has 0 bridgehead atoms. The van der Waals surface area contributed by atoms with Gasteiger partial charge in [0.15, 0.2) is 0 Å². The largest absolute Gasteiger partial charge is 0.368 e. The molecule has 1 aromatic rings. The molecule has 6 heteroatoms. The SMILES string of the molecule is Cc1c(Cl)cnn1CCCCC(C)(N)C(N)=O. The number of amides is 1. The van der Waals surface area contributed by atoms with Gasteiger partial charge in [0.25, 0.3) is 0 Å². The van der Waals surface area contributed by atoms with Crippen LogP contribution in [0.1, 0.15) is 31.9 Å². The molecule has 0 fully saturated rings. The molecule has 1 aromatic heterocycles. The fourth-order valence-electron chi connectivity index (χ4n) is 1.53. The van der Waals surface area contributed by atoms with Crippen LogP contribution in [0.3, 0.4) is 0 Å². The molecule has 0 aliphatic rings. The summed E-state index contributed by atoms with van der Waals surface area (Å²) in [6.07, 6.45) is 3.93. The minimum atomic E-state index is -0.920. The third kappa shape index (κ3) is 3.71. The normalized spacial score (nSPS) is 14.6. The van der Waals surface area contributed by atoms with Crippen LogP contribution in [0.5, 0.6) is 0 Å². The molecule has 0 radical (unpaired) electrons. The first-order valence-corrected chi connectivity index (χ1v) is 5.99. The highest BCUT2D eigenvalue weighted by Crippen LogP contribution is 2.15. The average molecular weight is 259 g/mol. The number of carbonyl (C=O) groups is 1. The Morgan fingerprint density at radius 1 is 1.59 bits per heavy atom. The van der Waals surface area contributed by atoms with Gasteiger partial charge < -0.3 is 11.5 Å². The third-order valence-electron chi connectivity index (χ3n) is 2.92. The van der Waals surface area contributed by atoms with Crippen molar-refractivity contribution >= 4 is 17.5 Å². The number of hydrogen-bond acceptors (Lipinski definition) is 3. The van der Waals surface area contributed by atoms with E-state index in [1.807, 2.05) is 11.6 Å². The predicted molar refractivity (Wildman–Crippen MR) is 67.6 cm³/mol. The smallest absolute Gasteiger partial charge is 0.237 e. The van der Waals surface area contributed by atoms with Gasteiger partial charge in [-0.3, -0.25) is 9.48 Å². The fraction of sp³-hybridized carbons (Fsp3) is 0.636. The first kappa shape index (κ1) is 14.0. The molecular weight excluding hydrogens is 240 g/mol. The number of nitrogens with two attached hydrogens (primary N) is 2. The minimum Gasteiger partial charge on any atom is -0.368 e. The van der Waals surface area contributed by atoms with E-state index in [1.54, 1.807) is 13.1 Å². The Hall–Kier alpha value is -1.07. The summed E-state index contributed by atoms with van der Waals surface area (Å²) in [6, 6.07) is 0. The van der Waals surface area contributed by atoms with E-state index in [-0.39, 0.29) is 0 Å². The minimum absolute atomic E-state index is 0.462. The number of rotatable bonds is 6. The lowest BCUT2D eigenvalue weighted by Crippen LogP contribution is -2.49. The highest BCUT2D eigenvalue weighted by Gasteiger charge is 2.24. The molecule has 96 valence electrons. The van der Waals surface area contributed by atoms with E-state index in [2.05, 4.69) is 5.10 Å². The van der Waals surface area contributed by atoms with Crippen LogP contribution in [-0.2, 0) is 11.3 Å². The van der Waals surface area contributed by atoms with E-state index >= 15 is 0 Å². The molecule has 1 atom stereocenters. The van der Waals surface area contributed by atoms with Crippen LogP contribution in [0.2, 0.25) is 5.02 Å². The summed E-state index contributed by atoms with van der Waals surface area (Å²) in [5, 5.41) is 4.82. The lowest BCUT2D eigenvalue weighted by atomic mass is 9.95. The van der Waals surface area contributed by atoms with Crippen molar-refractivity contribution < 1.29 is 4.79 Å². The topological polar surface area (TPSA) is 86.9 Å². The van der Waals surface area contributed by atoms with E-state index in [1.165, 1.54) is 0 Å². The van der Waals surface area contributed by atoms with Gasteiger partial charge in [-0.05, 0) is 33.1 Å². The van der Waals surface area contributed by atoms with Gasteiger partial charge >= 0.3 is 0 Å². The summed E-state index contributed by atoms with van der Waals surface area (Å²) < 4.78 is 1.85. The van der Waals surface area contributed by atoms with Crippen LogP contribution in [0.4, 0.5) is 0 Å². The van der Waals surface area contributed by atoms with E-state index in [9.17, 15) is 4.79 Å². The van der Waals surface area contributed by atoms with E-state index in [0.717, 1.165) is 25.1 Å². The highest BCUT2D eigenvalue weighted by molar-refractivity contribution is 6.31. The molecule has 1 amide bonds. The lowest BCUT2D eigenvalue weighted by Gasteiger charge is -2.19. The number of carbonyl (C=O) groups excluding carboxylic acids is 1. The zero-order chi connectivity index (χ0) is 13.1. The van der Waals surface area contributed by atoms with Crippen molar-refractivity contribution in [2.45, 2.75) is 45.2 Å². The van der Waals surface area contributed by atoms with Crippen molar-refractivity contribution in [3.05, 3.63) is 16.9 Å². The van der Waals surface area contributed by atoms with Crippen LogP contribution in [0.15, 0.2) is 6.20 Å². The van der Waals surface area contributed by atoms with Gasteiger partial charge in [0.1, 0.15) is 0 Å². The maximum atomic E-state index is 11.0. The summed E-state index contributed by atoms with van der Waals surface area (Å²) in [5.74, 6) is -0.462. The number of hydrogen-bond donors (Lipinski definition) is 2. The Morgan fingerprint density at radius 3 is 2.71 bits per heavy atom. The Labute approximate surface area is 106 Å². The number of nitrogens with zero attached hydrogens (tertiary/aromatic N) is 2. The maximum absolute atomic E-state index is 11.0. The van der Waals surface area contributed by atoms with Crippen molar-refractivity contribution in [1.82, 2.24) is 9.78 Å². The van der Waals surface area contributed by atoms with Crippen molar-refractivity contribution in [1.29, 1.82) is 0 Å². The van der Waals surface area contributed by atoms with E-state index in [4.69, 9.17) is 23.1 Å². The fourth-order valence-corrected chi connectivity index (χ4v) is 1.67. The van der Waals surface area contributed by atoms with Crippen LogP contribution in [0.25, 0.3) is 0 Å². The second-order valence-corrected chi connectivity index (χ2v) is 4.95. The molecule has 0 aromatic carbocycles. The zero-order valence-electron chi connectivity index (χ0n) is 10.2. The molecule has 1 unspecified atom stereocenters. The van der Waals surface area contributed by atoms with Gasteiger partial charge in [0.05, 0.1) is 22.5 Å². The number of aryl methyl sites for hydroxylation is 1. The van der Waals surface area contributed by atoms with Gasteiger partial charge in [-0.25, -0.2) is 0 Å². The monoisotopic (exact) mass is 258 g/mol. The van der Waals surface area contributed by atoms with Crippen LogP contribution in [-0.4, -0.2) is 21.2 Å². The van der Waals surface area contributed by atoms with Crippen LogP contribution < -0.4 is 11.5 Å². The number of aromatic nitrogens is 2.